The van der Waals surface area contributed by atoms with Crippen LogP contribution in [0.2, 0.25) is 0 Å². The van der Waals surface area contributed by atoms with Crippen molar-refractivity contribution in [3.8, 4) is 6.01 Å². The van der Waals surface area contributed by atoms with Crippen molar-refractivity contribution in [3.05, 3.63) is 6.33 Å². The molecular weight excluding hydrogens is 183 g/mol. The summed E-state index contributed by atoms with van der Waals surface area (Å²) in [5.41, 5.74) is 0. The van der Waals surface area contributed by atoms with Gasteiger partial charge in [0.15, 0.2) is 0 Å². The van der Waals surface area contributed by atoms with Crippen molar-refractivity contribution >= 4 is 39.9 Å². The molecule has 9 heteroatoms. The summed E-state index contributed by atoms with van der Waals surface area (Å²) >= 11 is 0. The van der Waals surface area contributed by atoms with Gasteiger partial charge in [-0.15, -0.1) is 0 Å². The van der Waals surface area contributed by atoms with Gasteiger partial charge in [-0.25, -0.2) is 5.10 Å². The Bertz CT molecular complexity index is 293. The summed E-state index contributed by atoms with van der Waals surface area (Å²) in [6.07, 6.45) is 1.10. The van der Waals surface area contributed by atoms with E-state index in [0.717, 1.165) is 6.33 Å². The zero-order chi connectivity index (χ0) is 7.61. The summed E-state index contributed by atoms with van der Waals surface area (Å²) in [5, 5.41) is 9.97. The van der Waals surface area contributed by atoms with Crippen LogP contribution in [-0.2, 0) is 10.3 Å². The van der Waals surface area contributed by atoms with E-state index in [1.807, 2.05) is 0 Å². The Hall–Kier alpha value is -0.150. The van der Waals surface area contributed by atoms with E-state index < -0.39 is 10.3 Å². The molecular formula is C2H5N4NaO3S. The second-order valence-corrected chi connectivity index (χ2v) is 2.52. The van der Waals surface area contributed by atoms with Gasteiger partial charge in [-0.2, -0.15) is 23.6 Å². The number of nitrogens with zero attached hydrogens (tertiary/aromatic N) is 2. The van der Waals surface area contributed by atoms with E-state index in [1.54, 1.807) is 0 Å². The first-order chi connectivity index (χ1) is 4.58. The number of nitrogens with one attached hydrogen (secondary N) is 1. The zero-order valence-electron chi connectivity index (χ0n) is 4.68. The van der Waals surface area contributed by atoms with Gasteiger partial charge < -0.3 is 4.18 Å². The van der Waals surface area contributed by atoms with Crippen molar-refractivity contribution in [3.63, 3.8) is 0 Å². The molecule has 0 saturated heterocycles. The van der Waals surface area contributed by atoms with Crippen LogP contribution >= 0.6 is 0 Å². The fourth-order valence-electron chi connectivity index (χ4n) is 0.344. The average Bonchev–Trinajstić information content (AvgIpc) is 2.12. The molecule has 1 aromatic rings. The third-order valence-corrected chi connectivity index (χ3v) is 0.978. The molecule has 1 heterocycles. The summed E-state index contributed by atoms with van der Waals surface area (Å²) in [6, 6.07) is -0.248. The summed E-state index contributed by atoms with van der Waals surface area (Å²) < 4.78 is 24.4. The van der Waals surface area contributed by atoms with E-state index in [9.17, 15) is 8.42 Å². The molecule has 0 saturated carbocycles. The quantitative estimate of drug-likeness (QED) is 0.509. The van der Waals surface area contributed by atoms with E-state index >= 15 is 0 Å². The minimum atomic E-state index is -3.98. The second kappa shape index (κ2) is 4.02. The van der Waals surface area contributed by atoms with Gasteiger partial charge in [0.05, 0.1) is 0 Å². The van der Waals surface area contributed by atoms with Gasteiger partial charge in [0, 0.05) is 0 Å². The Balaban J connectivity index is 0.000001000. The van der Waals surface area contributed by atoms with Crippen LogP contribution in [0.3, 0.4) is 0 Å². The molecule has 0 amide bonds. The summed E-state index contributed by atoms with van der Waals surface area (Å²) in [6.45, 7) is 0. The van der Waals surface area contributed by atoms with E-state index in [4.69, 9.17) is 0 Å². The van der Waals surface area contributed by atoms with E-state index in [2.05, 4.69) is 24.5 Å². The van der Waals surface area contributed by atoms with Gasteiger partial charge in [0.1, 0.15) is 6.33 Å². The number of hydrogen-bond acceptors (Lipinski definition) is 5. The maximum absolute atomic E-state index is 10.2. The van der Waals surface area contributed by atoms with Crippen LogP contribution in [0, 0.1) is 0 Å². The van der Waals surface area contributed by atoms with Crippen molar-refractivity contribution < 1.29 is 12.6 Å². The Morgan fingerprint density at radius 2 is 2.27 bits per heavy atom. The molecule has 0 unspecified atom stereocenters. The number of nitrogens with two attached hydrogens (primary N) is 1. The second-order valence-electron chi connectivity index (χ2n) is 1.37. The van der Waals surface area contributed by atoms with E-state index in [0.29, 0.717) is 0 Å². The fraction of sp³-hybridized carbons (Fsp3) is 0. The first-order valence-electron chi connectivity index (χ1n) is 2.15. The SMILES string of the molecule is NS(=O)(=O)Oc1ncn[nH]1.[NaH]. The van der Waals surface area contributed by atoms with Crippen LogP contribution < -0.4 is 9.32 Å². The monoisotopic (exact) mass is 188 g/mol. The van der Waals surface area contributed by atoms with Gasteiger partial charge in [0.2, 0.25) is 0 Å². The molecule has 0 aliphatic heterocycles. The van der Waals surface area contributed by atoms with Gasteiger partial charge in [-0.05, 0) is 0 Å². The normalized spacial score (nSPS) is 10.3. The van der Waals surface area contributed by atoms with Crippen LogP contribution in [0.1, 0.15) is 0 Å². The van der Waals surface area contributed by atoms with Crippen molar-refractivity contribution in [2.24, 2.45) is 5.14 Å². The fourth-order valence-corrected chi connectivity index (χ4v) is 0.645. The van der Waals surface area contributed by atoms with Gasteiger partial charge >= 0.3 is 45.9 Å². The molecule has 11 heavy (non-hydrogen) atoms. The Labute approximate surface area is 84.9 Å². The van der Waals surface area contributed by atoms with Crippen LogP contribution in [0.4, 0.5) is 0 Å². The third kappa shape index (κ3) is 4.32. The molecule has 0 fully saturated rings. The molecule has 1 aromatic heterocycles. The minimum absolute atomic E-state index is 0. The predicted molar refractivity (Wildman–Crippen MR) is 37.3 cm³/mol. The summed E-state index contributed by atoms with van der Waals surface area (Å²) in [5.74, 6) is 0. The number of aromatic amines is 1. The molecule has 0 aromatic carbocycles. The van der Waals surface area contributed by atoms with Crippen molar-refractivity contribution in [1.82, 2.24) is 15.2 Å². The standard InChI is InChI=1S/C2H4N4O3S.Na.H/c3-10(7,8)9-2-4-1-5-6-2;;/h1H,(H2,3,7,8)(H,4,5,6);;. The molecule has 0 spiro atoms. The molecule has 7 nitrogen and oxygen atoms in total. The van der Waals surface area contributed by atoms with Gasteiger partial charge in [-0.3, -0.25) is 0 Å². The number of aromatic nitrogens is 3. The molecule has 0 aliphatic carbocycles. The summed E-state index contributed by atoms with van der Waals surface area (Å²) in [7, 11) is -3.98. The average molecular weight is 188 g/mol. The Kier molecular flexibility index (Phi) is 3.97. The van der Waals surface area contributed by atoms with Crippen molar-refractivity contribution in [2.45, 2.75) is 0 Å². The van der Waals surface area contributed by atoms with Crippen molar-refractivity contribution in [2.75, 3.05) is 0 Å². The molecule has 3 N–H and O–H groups in total. The molecule has 0 aliphatic rings. The Morgan fingerprint density at radius 3 is 2.64 bits per heavy atom. The first-order valence-corrected chi connectivity index (χ1v) is 3.62. The van der Waals surface area contributed by atoms with E-state index in [-0.39, 0.29) is 35.6 Å². The predicted octanol–water partition coefficient (Wildman–Crippen LogP) is -2.26. The van der Waals surface area contributed by atoms with Crippen molar-refractivity contribution in [1.29, 1.82) is 0 Å². The molecule has 0 radical (unpaired) electrons. The van der Waals surface area contributed by atoms with Gasteiger partial charge in [0.25, 0.3) is 0 Å². The molecule has 1 rings (SSSR count). The van der Waals surface area contributed by atoms with Crippen LogP contribution in [0.15, 0.2) is 6.33 Å². The van der Waals surface area contributed by atoms with E-state index in [1.165, 1.54) is 0 Å². The summed E-state index contributed by atoms with van der Waals surface area (Å²) in [4.78, 5) is 3.35. The van der Waals surface area contributed by atoms with Crippen LogP contribution in [0.5, 0.6) is 6.01 Å². The Morgan fingerprint density at radius 1 is 1.64 bits per heavy atom. The zero-order valence-corrected chi connectivity index (χ0v) is 5.50. The third-order valence-electron chi connectivity index (χ3n) is 0.588. The molecule has 58 valence electrons. The van der Waals surface area contributed by atoms with Crippen LogP contribution in [-0.4, -0.2) is 53.2 Å². The molecule has 0 atom stereocenters. The number of rotatable bonds is 2. The number of H-pyrrole nitrogens is 1. The van der Waals surface area contributed by atoms with Gasteiger partial charge in [-0.1, -0.05) is 0 Å². The molecule has 0 bridgehead atoms. The topological polar surface area (TPSA) is 111 Å². The van der Waals surface area contributed by atoms with Crippen LogP contribution in [0.25, 0.3) is 0 Å². The first kappa shape index (κ1) is 10.8. The maximum atomic E-state index is 10.2. The number of hydrogen-bond donors (Lipinski definition) is 2.